The average Bonchev–Trinajstić information content (AvgIpc) is 2.01. The molecule has 2 aliphatic rings. The summed E-state index contributed by atoms with van der Waals surface area (Å²) in [6.45, 7) is 8.52. The highest BCUT2D eigenvalue weighted by Crippen LogP contribution is 2.51. The van der Waals surface area contributed by atoms with Crippen molar-refractivity contribution in [3.63, 3.8) is 0 Å². The number of rotatable bonds is 1. The molecule has 2 rings (SSSR count). The van der Waals surface area contributed by atoms with E-state index >= 15 is 0 Å². The molecule has 2 aliphatic carbocycles. The monoisotopic (exact) mass is 178 g/mol. The smallest absolute Gasteiger partial charge is 0.140 e. The fraction of sp³-hybridized carbons (Fsp3) is 0.750. The van der Waals surface area contributed by atoms with E-state index in [4.69, 9.17) is 0 Å². The lowest BCUT2D eigenvalue weighted by Crippen LogP contribution is -2.45. The topological polar surface area (TPSA) is 17.1 Å². The van der Waals surface area contributed by atoms with E-state index in [0.717, 1.165) is 31.1 Å². The first-order chi connectivity index (χ1) is 6.11. The lowest BCUT2D eigenvalue weighted by Gasteiger charge is -2.48. The van der Waals surface area contributed by atoms with E-state index in [1.807, 2.05) is 0 Å². The summed E-state index contributed by atoms with van der Waals surface area (Å²) in [7, 11) is 0. The van der Waals surface area contributed by atoms with Crippen LogP contribution in [0.25, 0.3) is 0 Å². The molecule has 0 aromatic rings. The SMILES string of the molecule is C=C1C[C@H]2[C@@H]1C(=O)CC[C@@H]2C(C)C. The van der Waals surface area contributed by atoms with Crippen LogP contribution in [0.1, 0.15) is 33.1 Å². The summed E-state index contributed by atoms with van der Waals surface area (Å²) in [5, 5.41) is 0. The minimum atomic E-state index is 0.251. The van der Waals surface area contributed by atoms with Gasteiger partial charge in [-0.2, -0.15) is 0 Å². The van der Waals surface area contributed by atoms with Gasteiger partial charge in [-0.15, -0.1) is 0 Å². The van der Waals surface area contributed by atoms with Crippen LogP contribution in [-0.2, 0) is 4.79 Å². The molecule has 0 unspecified atom stereocenters. The predicted molar refractivity (Wildman–Crippen MR) is 53.3 cm³/mol. The zero-order valence-corrected chi connectivity index (χ0v) is 8.55. The Morgan fingerprint density at radius 2 is 2.15 bits per heavy atom. The molecule has 72 valence electrons. The van der Waals surface area contributed by atoms with Crippen molar-refractivity contribution in [1.82, 2.24) is 0 Å². The van der Waals surface area contributed by atoms with Crippen LogP contribution in [0.15, 0.2) is 12.2 Å². The van der Waals surface area contributed by atoms with Gasteiger partial charge in [0, 0.05) is 12.3 Å². The summed E-state index contributed by atoms with van der Waals surface area (Å²) >= 11 is 0. The molecule has 2 saturated carbocycles. The average molecular weight is 178 g/mol. The largest absolute Gasteiger partial charge is 0.299 e. The number of hydrogen-bond acceptors (Lipinski definition) is 1. The number of hydrogen-bond donors (Lipinski definition) is 0. The van der Waals surface area contributed by atoms with Crippen LogP contribution in [0.4, 0.5) is 0 Å². The quantitative estimate of drug-likeness (QED) is 0.564. The molecule has 3 atom stereocenters. The molecule has 0 saturated heterocycles. The molecule has 0 N–H and O–H groups in total. The van der Waals surface area contributed by atoms with E-state index in [2.05, 4.69) is 20.4 Å². The van der Waals surface area contributed by atoms with Crippen LogP contribution >= 0.6 is 0 Å². The van der Waals surface area contributed by atoms with Crippen molar-refractivity contribution >= 4 is 5.78 Å². The lowest BCUT2D eigenvalue weighted by atomic mass is 9.55. The molecule has 13 heavy (non-hydrogen) atoms. The zero-order chi connectivity index (χ0) is 9.59. The van der Waals surface area contributed by atoms with E-state index in [0.29, 0.717) is 11.7 Å². The number of carbonyl (C=O) groups is 1. The Balaban J connectivity index is 2.13. The molecule has 0 aromatic heterocycles. The van der Waals surface area contributed by atoms with Crippen molar-refractivity contribution < 1.29 is 4.79 Å². The van der Waals surface area contributed by atoms with Gasteiger partial charge in [0.25, 0.3) is 0 Å². The normalized spacial score (nSPS) is 38.8. The molecule has 0 aromatic carbocycles. The van der Waals surface area contributed by atoms with Crippen molar-refractivity contribution in [2.24, 2.45) is 23.7 Å². The summed E-state index contributed by atoms with van der Waals surface area (Å²) in [4.78, 5) is 11.6. The molecule has 1 nitrogen and oxygen atoms in total. The number of carbonyl (C=O) groups excluding carboxylic acids is 1. The maximum atomic E-state index is 11.6. The molecular weight excluding hydrogens is 160 g/mol. The number of allylic oxidation sites excluding steroid dienone is 1. The van der Waals surface area contributed by atoms with Gasteiger partial charge in [-0.25, -0.2) is 0 Å². The van der Waals surface area contributed by atoms with Gasteiger partial charge in [-0.3, -0.25) is 4.79 Å². The third-order valence-electron chi connectivity index (χ3n) is 3.84. The van der Waals surface area contributed by atoms with E-state index in [-0.39, 0.29) is 5.92 Å². The van der Waals surface area contributed by atoms with Gasteiger partial charge < -0.3 is 0 Å². The predicted octanol–water partition coefficient (Wildman–Crippen LogP) is 2.81. The number of ketones is 1. The summed E-state index contributed by atoms with van der Waals surface area (Å²) in [6.07, 6.45) is 3.02. The standard InChI is InChI=1S/C12H18O/c1-7(2)9-4-5-11(13)12-8(3)6-10(9)12/h7,9-10,12H,3-6H2,1-2H3/t9-,10-,12-/m1/s1. The van der Waals surface area contributed by atoms with Crippen LogP contribution < -0.4 is 0 Å². The lowest BCUT2D eigenvalue weighted by molar-refractivity contribution is -0.130. The highest BCUT2D eigenvalue weighted by molar-refractivity contribution is 5.86. The molecule has 0 aliphatic heterocycles. The van der Waals surface area contributed by atoms with Gasteiger partial charge in [-0.05, 0) is 30.6 Å². The van der Waals surface area contributed by atoms with Crippen molar-refractivity contribution in [3.05, 3.63) is 12.2 Å². The number of fused-ring (bicyclic) bond motifs is 1. The Labute approximate surface area is 80.2 Å². The minimum absolute atomic E-state index is 0.251. The summed E-state index contributed by atoms with van der Waals surface area (Å²) in [5.74, 6) is 2.86. The molecular formula is C12H18O. The van der Waals surface area contributed by atoms with Crippen molar-refractivity contribution in [2.45, 2.75) is 33.1 Å². The van der Waals surface area contributed by atoms with E-state index in [1.54, 1.807) is 0 Å². The third kappa shape index (κ3) is 1.25. The van der Waals surface area contributed by atoms with E-state index in [9.17, 15) is 4.79 Å². The first-order valence-corrected chi connectivity index (χ1v) is 5.31. The first-order valence-electron chi connectivity index (χ1n) is 5.31. The van der Waals surface area contributed by atoms with Gasteiger partial charge in [0.1, 0.15) is 5.78 Å². The van der Waals surface area contributed by atoms with Gasteiger partial charge in [-0.1, -0.05) is 26.0 Å². The second-order valence-electron chi connectivity index (χ2n) is 4.92. The highest BCUT2D eigenvalue weighted by Gasteiger charge is 2.47. The fourth-order valence-corrected chi connectivity index (χ4v) is 3.06. The van der Waals surface area contributed by atoms with Crippen molar-refractivity contribution in [2.75, 3.05) is 0 Å². The molecule has 0 amide bonds. The second kappa shape index (κ2) is 2.97. The Morgan fingerprint density at radius 1 is 1.46 bits per heavy atom. The molecule has 0 spiro atoms. The fourth-order valence-electron chi connectivity index (χ4n) is 3.06. The summed E-state index contributed by atoms with van der Waals surface area (Å²) in [5.41, 5.74) is 1.19. The van der Waals surface area contributed by atoms with Gasteiger partial charge >= 0.3 is 0 Å². The zero-order valence-electron chi connectivity index (χ0n) is 8.55. The van der Waals surface area contributed by atoms with Crippen molar-refractivity contribution in [1.29, 1.82) is 0 Å². The first kappa shape index (κ1) is 8.98. The Morgan fingerprint density at radius 3 is 2.69 bits per heavy atom. The van der Waals surface area contributed by atoms with Crippen molar-refractivity contribution in [3.8, 4) is 0 Å². The van der Waals surface area contributed by atoms with Crippen LogP contribution in [-0.4, -0.2) is 5.78 Å². The summed E-state index contributed by atoms with van der Waals surface area (Å²) in [6, 6.07) is 0. The molecule has 0 radical (unpaired) electrons. The molecule has 1 heteroatoms. The summed E-state index contributed by atoms with van der Waals surface area (Å²) < 4.78 is 0. The molecule has 2 fully saturated rings. The van der Waals surface area contributed by atoms with Gasteiger partial charge in [0.2, 0.25) is 0 Å². The Hall–Kier alpha value is -0.590. The van der Waals surface area contributed by atoms with Crippen LogP contribution in [0.2, 0.25) is 0 Å². The Kier molecular flexibility index (Phi) is 2.05. The minimum Gasteiger partial charge on any atom is -0.299 e. The molecule has 0 heterocycles. The Bertz CT molecular complexity index is 252. The van der Waals surface area contributed by atoms with Gasteiger partial charge in [0.15, 0.2) is 0 Å². The highest BCUT2D eigenvalue weighted by atomic mass is 16.1. The maximum absolute atomic E-state index is 11.6. The third-order valence-corrected chi connectivity index (χ3v) is 3.84. The van der Waals surface area contributed by atoms with Crippen LogP contribution in [0, 0.1) is 23.7 Å². The number of Topliss-reactive ketones (excluding diaryl/α,β-unsaturated/α-hetero) is 1. The van der Waals surface area contributed by atoms with Gasteiger partial charge in [0.05, 0.1) is 0 Å². The van der Waals surface area contributed by atoms with E-state index < -0.39 is 0 Å². The van der Waals surface area contributed by atoms with Crippen LogP contribution in [0.5, 0.6) is 0 Å². The van der Waals surface area contributed by atoms with Crippen LogP contribution in [0.3, 0.4) is 0 Å². The van der Waals surface area contributed by atoms with E-state index in [1.165, 1.54) is 5.57 Å². The maximum Gasteiger partial charge on any atom is 0.140 e. The molecule has 0 bridgehead atoms. The second-order valence-corrected chi connectivity index (χ2v) is 4.92.